The molecule has 0 aliphatic rings. The van der Waals surface area contributed by atoms with Crippen LogP contribution < -0.4 is 5.32 Å². The van der Waals surface area contributed by atoms with Crippen molar-refractivity contribution in [2.24, 2.45) is 0 Å². The summed E-state index contributed by atoms with van der Waals surface area (Å²) in [6, 6.07) is 15.4. The first-order valence-corrected chi connectivity index (χ1v) is 8.00. The number of carbonyl (C=O) groups excluding carboxylic acids is 1. The second kappa shape index (κ2) is 7.70. The van der Waals surface area contributed by atoms with E-state index in [1.54, 1.807) is 19.1 Å². The zero-order chi connectivity index (χ0) is 17.6. The summed E-state index contributed by atoms with van der Waals surface area (Å²) >= 11 is 0. The molecule has 0 saturated heterocycles. The Morgan fingerprint density at radius 1 is 1.16 bits per heavy atom. The summed E-state index contributed by atoms with van der Waals surface area (Å²) in [5.74, 6) is 0.320. The standard InChI is InChI=1S/C19H18FN3O2/c1-13(21-17(24)11-15-8-5-9-16(20)10-15)19-22-18(25-23-19)12-14-6-3-2-4-7-14/h2-10,13H,11-12H2,1H3,(H,21,24)/t13-/m1/s1. The van der Waals surface area contributed by atoms with Gasteiger partial charge >= 0.3 is 0 Å². The van der Waals surface area contributed by atoms with Crippen molar-refractivity contribution in [3.05, 3.63) is 83.3 Å². The molecule has 1 aromatic heterocycles. The lowest BCUT2D eigenvalue weighted by Gasteiger charge is -2.10. The number of aromatic nitrogens is 2. The first-order valence-electron chi connectivity index (χ1n) is 8.00. The minimum Gasteiger partial charge on any atom is -0.346 e. The highest BCUT2D eigenvalue weighted by Crippen LogP contribution is 2.12. The molecular weight excluding hydrogens is 321 g/mol. The Bertz CT molecular complexity index is 849. The number of hydrogen-bond donors (Lipinski definition) is 1. The fourth-order valence-corrected chi connectivity index (χ4v) is 2.48. The van der Waals surface area contributed by atoms with Gasteiger partial charge in [-0.1, -0.05) is 47.6 Å². The Morgan fingerprint density at radius 3 is 2.68 bits per heavy atom. The van der Waals surface area contributed by atoms with E-state index < -0.39 is 6.04 Å². The second-order valence-electron chi connectivity index (χ2n) is 5.80. The van der Waals surface area contributed by atoms with Gasteiger partial charge in [-0.25, -0.2) is 4.39 Å². The molecule has 0 unspecified atom stereocenters. The molecule has 3 rings (SSSR count). The minimum atomic E-state index is -0.394. The van der Waals surface area contributed by atoms with Crippen molar-refractivity contribution >= 4 is 5.91 Å². The lowest BCUT2D eigenvalue weighted by Crippen LogP contribution is -2.28. The number of rotatable bonds is 6. The van der Waals surface area contributed by atoms with Crippen LogP contribution in [0.4, 0.5) is 4.39 Å². The Labute approximate surface area is 144 Å². The van der Waals surface area contributed by atoms with E-state index in [2.05, 4.69) is 15.5 Å². The number of carbonyl (C=O) groups is 1. The molecule has 1 atom stereocenters. The van der Waals surface area contributed by atoms with E-state index in [4.69, 9.17) is 4.52 Å². The quantitative estimate of drug-likeness (QED) is 0.749. The smallest absolute Gasteiger partial charge is 0.231 e. The van der Waals surface area contributed by atoms with E-state index in [9.17, 15) is 9.18 Å². The molecule has 128 valence electrons. The molecule has 0 fully saturated rings. The number of amides is 1. The first kappa shape index (κ1) is 16.8. The highest BCUT2D eigenvalue weighted by molar-refractivity contribution is 5.78. The zero-order valence-electron chi connectivity index (χ0n) is 13.8. The highest BCUT2D eigenvalue weighted by Gasteiger charge is 2.16. The lowest BCUT2D eigenvalue weighted by molar-refractivity contribution is -0.121. The van der Waals surface area contributed by atoms with E-state index in [1.165, 1.54) is 12.1 Å². The molecule has 0 aliphatic carbocycles. The summed E-state index contributed by atoms with van der Waals surface area (Å²) in [6.07, 6.45) is 0.634. The second-order valence-corrected chi connectivity index (χ2v) is 5.80. The molecule has 25 heavy (non-hydrogen) atoms. The molecule has 0 bridgehead atoms. The summed E-state index contributed by atoms with van der Waals surface area (Å²) in [6.45, 7) is 1.78. The predicted molar refractivity (Wildman–Crippen MR) is 90.2 cm³/mol. The average molecular weight is 339 g/mol. The van der Waals surface area contributed by atoms with Crippen LogP contribution in [-0.4, -0.2) is 16.0 Å². The summed E-state index contributed by atoms with van der Waals surface area (Å²) in [4.78, 5) is 16.4. The van der Waals surface area contributed by atoms with E-state index in [1.807, 2.05) is 30.3 Å². The Balaban J connectivity index is 1.58. The third-order valence-corrected chi connectivity index (χ3v) is 3.70. The summed E-state index contributed by atoms with van der Waals surface area (Å²) < 4.78 is 18.4. The van der Waals surface area contributed by atoms with Gasteiger partial charge in [0, 0.05) is 0 Å². The first-order chi connectivity index (χ1) is 12.1. The maximum Gasteiger partial charge on any atom is 0.231 e. The molecule has 3 aromatic rings. The topological polar surface area (TPSA) is 68.0 Å². The number of nitrogens with zero attached hydrogens (tertiary/aromatic N) is 2. The van der Waals surface area contributed by atoms with E-state index in [0.717, 1.165) is 5.56 Å². The van der Waals surface area contributed by atoms with Crippen molar-refractivity contribution in [1.29, 1.82) is 0 Å². The van der Waals surface area contributed by atoms with Gasteiger partial charge in [0.1, 0.15) is 5.82 Å². The third-order valence-electron chi connectivity index (χ3n) is 3.70. The average Bonchev–Trinajstić information content (AvgIpc) is 3.04. The molecule has 6 heteroatoms. The molecular formula is C19H18FN3O2. The monoisotopic (exact) mass is 339 g/mol. The molecule has 2 aromatic carbocycles. The molecule has 0 spiro atoms. The van der Waals surface area contributed by atoms with Crippen molar-refractivity contribution < 1.29 is 13.7 Å². The van der Waals surface area contributed by atoms with Crippen LogP contribution in [0.1, 0.15) is 35.8 Å². The van der Waals surface area contributed by atoms with Gasteiger partial charge in [0.05, 0.1) is 18.9 Å². The van der Waals surface area contributed by atoms with Gasteiger partial charge < -0.3 is 9.84 Å². The Hall–Kier alpha value is -3.02. The number of benzene rings is 2. The minimum absolute atomic E-state index is 0.0941. The van der Waals surface area contributed by atoms with Crippen LogP contribution in [0.3, 0.4) is 0 Å². The van der Waals surface area contributed by atoms with Gasteiger partial charge in [-0.15, -0.1) is 0 Å². The van der Waals surface area contributed by atoms with Crippen LogP contribution in [0, 0.1) is 5.82 Å². The molecule has 0 saturated carbocycles. The van der Waals surface area contributed by atoms with E-state index in [-0.39, 0.29) is 18.1 Å². The van der Waals surface area contributed by atoms with Gasteiger partial charge in [-0.3, -0.25) is 4.79 Å². The third kappa shape index (κ3) is 4.73. The Kier molecular flexibility index (Phi) is 5.18. The zero-order valence-corrected chi connectivity index (χ0v) is 13.8. The van der Waals surface area contributed by atoms with Gasteiger partial charge in [0.25, 0.3) is 0 Å². The van der Waals surface area contributed by atoms with Gasteiger partial charge in [0.2, 0.25) is 11.8 Å². The van der Waals surface area contributed by atoms with Crippen LogP contribution in [-0.2, 0) is 17.6 Å². The molecule has 0 aliphatic heterocycles. The van der Waals surface area contributed by atoms with Crippen molar-refractivity contribution in [3.63, 3.8) is 0 Å². The van der Waals surface area contributed by atoms with E-state index >= 15 is 0 Å². The summed E-state index contributed by atoms with van der Waals surface area (Å²) in [5.41, 5.74) is 1.68. The van der Waals surface area contributed by atoms with Gasteiger partial charge in [-0.2, -0.15) is 4.98 Å². The van der Waals surface area contributed by atoms with Gasteiger partial charge in [0.15, 0.2) is 5.82 Å². The lowest BCUT2D eigenvalue weighted by atomic mass is 10.1. The van der Waals surface area contributed by atoms with Crippen molar-refractivity contribution in [2.45, 2.75) is 25.8 Å². The largest absolute Gasteiger partial charge is 0.346 e. The molecule has 5 nitrogen and oxygen atoms in total. The van der Waals surface area contributed by atoms with Crippen LogP contribution >= 0.6 is 0 Å². The molecule has 1 heterocycles. The highest BCUT2D eigenvalue weighted by atomic mass is 19.1. The van der Waals surface area contributed by atoms with Crippen molar-refractivity contribution in [2.75, 3.05) is 0 Å². The molecule has 0 radical (unpaired) electrons. The van der Waals surface area contributed by atoms with Crippen LogP contribution in [0.2, 0.25) is 0 Å². The predicted octanol–water partition coefficient (Wildman–Crippen LogP) is 3.22. The number of hydrogen-bond acceptors (Lipinski definition) is 4. The fourth-order valence-electron chi connectivity index (χ4n) is 2.48. The Morgan fingerprint density at radius 2 is 1.92 bits per heavy atom. The van der Waals surface area contributed by atoms with Crippen LogP contribution in [0.15, 0.2) is 59.1 Å². The van der Waals surface area contributed by atoms with Crippen molar-refractivity contribution in [3.8, 4) is 0 Å². The summed E-state index contributed by atoms with van der Waals surface area (Å²) in [5, 5.41) is 6.72. The number of nitrogens with one attached hydrogen (secondary N) is 1. The molecule has 1 N–H and O–H groups in total. The normalized spacial score (nSPS) is 11.9. The molecule has 1 amide bonds. The van der Waals surface area contributed by atoms with Crippen molar-refractivity contribution in [1.82, 2.24) is 15.5 Å². The van der Waals surface area contributed by atoms with E-state index in [0.29, 0.717) is 23.7 Å². The summed E-state index contributed by atoms with van der Waals surface area (Å²) in [7, 11) is 0. The fraction of sp³-hybridized carbons (Fsp3) is 0.211. The van der Waals surface area contributed by atoms with Crippen LogP contribution in [0.5, 0.6) is 0 Å². The van der Waals surface area contributed by atoms with Gasteiger partial charge in [-0.05, 0) is 30.2 Å². The SMILES string of the molecule is C[C@@H](NC(=O)Cc1cccc(F)c1)c1noc(Cc2ccccc2)n1. The van der Waals surface area contributed by atoms with Crippen LogP contribution in [0.25, 0.3) is 0 Å². The maximum absolute atomic E-state index is 13.2. The number of halogens is 1. The maximum atomic E-state index is 13.2.